The van der Waals surface area contributed by atoms with Crippen LogP contribution in [0.15, 0.2) is 71.3 Å². The van der Waals surface area contributed by atoms with E-state index >= 15 is 0 Å². The third kappa shape index (κ3) is 4.96. The van der Waals surface area contributed by atoms with Crippen molar-refractivity contribution in [1.29, 1.82) is 5.26 Å². The van der Waals surface area contributed by atoms with Crippen LogP contribution in [0.2, 0.25) is 0 Å². The van der Waals surface area contributed by atoms with Crippen molar-refractivity contribution < 1.29 is 9.18 Å². The van der Waals surface area contributed by atoms with Gasteiger partial charge in [0.1, 0.15) is 10.8 Å². The number of carbonyl (C=O) groups excluding carboxylic acids is 1. The van der Waals surface area contributed by atoms with E-state index in [9.17, 15) is 14.4 Å². The summed E-state index contributed by atoms with van der Waals surface area (Å²) >= 11 is 2.62. The van der Waals surface area contributed by atoms with Gasteiger partial charge in [0.05, 0.1) is 30.3 Å². The van der Waals surface area contributed by atoms with Crippen LogP contribution in [-0.2, 0) is 11.3 Å². The van der Waals surface area contributed by atoms with Crippen LogP contribution in [0.25, 0.3) is 11.3 Å². The van der Waals surface area contributed by atoms with E-state index in [2.05, 4.69) is 16.0 Å². The van der Waals surface area contributed by atoms with Gasteiger partial charge in [-0.05, 0) is 42.3 Å². The van der Waals surface area contributed by atoms with Gasteiger partial charge in [-0.2, -0.15) is 5.26 Å². The van der Waals surface area contributed by atoms with Crippen LogP contribution in [0.5, 0.6) is 0 Å². The van der Waals surface area contributed by atoms with E-state index < -0.39 is 5.92 Å². The Morgan fingerprint density at radius 2 is 1.97 bits per heavy atom. The Balaban J connectivity index is 1.59. The highest BCUT2D eigenvalue weighted by Crippen LogP contribution is 2.29. The number of halogens is 1. The summed E-state index contributed by atoms with van der Waals surface area (Å²) in [4.78, 5) is 21.6. The highest BCUT2D eigenvalue weighted by Gasteiger charge is 2.24. The number of ketones is 1. The Morgan fingerprint density at radius 3 is 2.62 bits per heavy atom. The number of carbonyl (C=O) groups is 1. The molecule has 32 heavy (non-hydrogen) atoms. The number of hydrogen-bond acceptors (Lipinski definition) is 6. The Labute approximate surface area is 193 Å². The molecule has 1 unspecified atom stereocenters. The molecule has 2 aromatic heterocycles. The summed E-state index contributed by atoms with van der Waals surface area (Å²) in [5.41, 5.74) is 3.54. The number of Topliss-reactive ketones (excluding diaryl/α,β-unsaturated/α-hetero) is 1. The molecule has 0 saturated heterocycles. The molecule has 0 radical (unpaired) electrons. The van der Waals surface area contributed by atoms with Crippen molar-refractivity contribution in [3.63, 3.8) is 0 Å². The number of thioether (sulfide) groups is 1. The summed E-state index contributed by atoms with van der Waals surface area (Å²) in [7, 11) is 0. The van der Waals surface area contributed by atoms with E-state index in [0.717, 1.165) is 22.5 Å². The zero-order chi connectivity index (χ0) is 22.5. The monoisotopic (exact) mass is 462 g/mol. The van der Waals surface area contributed by atoms with E-state index in [1.165, 1.54) is 35.2 Å². The summed E-state index contributed by atoms with van der Waals surface area (Å²) < 4.78 is 15.4. The molecule has 0 N–H and O–H groups in total. The molecule has 5 nitrogen and oxygen atoms in total. The predicted octanol–water partition coefficient (Wildman–Crippen LogP) is 5.47. The minimum atomic E-state index is -0.879. The molecule has 2 heterocycles. The van der Waals surface area contributed by atoms with E-state index in [1.807, 2.05) is 47.2 Å². The van der Waals surface area contributed by atoms with Crippen LogP contribution in [0.1, 0.15) is 22.2 Å². The second-order valence-electron chi connectivity index (χ2n) is 7.15. The van der Waals surface area contributed by atoms with Crippen molar-refractivity contribution in [3.05, 3.63) is 88.3 Å². The molecule has 0 saturated carbocycles. The van der Waals surface area contributed by atoms with Crippen molar-refractivity contribution in [2.45, 2.75) is 24.5 Å². The van der Waals surface area contributed by atoms with Crippen molar-refractivity contribution in [1.82, 2.24) is 14.5 Å². The normalized spacial score (nSPS) is 11.8. The van der Waals surface area contributed by atoms with E-state index in [0.29, 0.717) is 16.7 Å². The van der Waals surface area contributed by atoms with Crippen LogP contribution in [-0.4, -0.2) is 26.1 Å². The SMILES string of the molecule is Cc1csc(C(C#N)C(=O)CSc2ncc(-c3ccc(F)cc3)n2Cc2ccccc2)n1. The maximum absolute atomic E-state index is 13.4. The Hall–Kier alpha value is -3.28. The minimum Gasteiger partial charge on any atom is -0.314 e. The molecule has 0 aliphatic carbocycles. The molecule has 0 spiro atoms. The van der Waals surface area contributed by atoms with Crippen LogP contribution >= 0.6 is 23.1 Å². The summed E-state index contributed by atoms with van der Waals surface area (Å²) in [6.45, 7) is 2.39. The van der Waals surface area contributed by atoms with Gasteiger partial charge in [0.25, 0.3) is 0 Å². The lowest BCUT2D eigenvalue weighted by molar-refractivity contribution is -0.116. The van der Waals surface area contributed by atoms with Gasteiger partial charge >= 0.3 is 0 Å². The second kappa shape index (κ2) is 9.90. The number of thiazole rings is 1. The average Bonchev–Trinajstić information content (AvgIpc) is 3.40. The van der Waals surface area contributed by atoms with Gasteiger partial charge in [-0.1, -0.05) is 42.1 Å². The lowest BCUT2D eigenvalue weighted by Crippen LogP contribution is -2.14. The first-order valence-corrected chi connectivity index (χ1v) is 11.7. The zero-order valence-electron chi connectivity index (χ0n) is 17.2. The molecule has 8 heteroatoms. The Morgan fingerprint density at radius 1 is 1.22 bits per heavy atom. The van der Waals surface area contributed by atoms with Gasteiger partial charge in [0.2, 0.25) is 0 Å². The maximum atomic E-state index is 13.4. The number of rotatable bonds is 8. The maximum Gasteiger partial charge on any atom is 0.169 e. The fourth-order valence-electron chi connectivity index (χ4n) is 3.23. The first-order valence-electron chi connectivity index (χ1n) is 9.87. The number of nitriles is 1. The molecule has 0 amide bonds. The third-order valence-electron chi connectivity index (χ3n) is 4.82. The zero-order valence-corrected chi connectivity index (χ0v) is 18.9. The smallest absolute Gasteiger partial charge is 0.169 e. The van der Waals surface area contributed by atoms with Gasteiger partial charge in [-0.15, -0.1) is 11.3 Å². The fourth-order valence-corrected chi connectivity index (χ4v) is 4.98. The standard InChI is InChI=1S/C24H19FN4OS2/c1-16-14-31-23(28-16)20(11-26)22(30)15-32-24-27-12-21(18-7-9-19(25)10-8-18)29(24)13-17-5-3-2-4-6-17/h2-10,12,14,20H,13,15H2,1H3. The molecule has 2 aromatic carbocycles. The molecular formula is C24H19FN4OS2. The largest absolute Gasteiger partial charge is 0.314 e. The molecule has 1 atom stereocenters. The highest BCUT2D eigenvalue weighted by atomic mass is 32.2. The second-order valence-corrected chi connectivity index (χ2v) is 8.98. The first-order chi connectivity index (χ1) is 15.5. The number of aryl methyl sites for hydroxylation is 1. The molecule has 4 aromatic rings. The average molecular weight is 463 g/mol. The number of hydrogen-bond donors (Lipinski definition) is 0. The first kappa shape index (κ1) is 21.9. The van der Waals surface area contributed by atoms with E-state index in [1.54, 1.807) is 18.3 Å². The highest BCUT2D eigenvalue weighted by molar-refractivity contribution is 7.99. The Kier molecular flexibility index (Phi) is 6.78. The third-order valence-corrected chi connectivity index (χ3v) is 6.86. The van der Waals surface area contributed by atoms with Gasteiger partial charge in [0.15, 0.2) is 16.9 Å². The lowest BCUT2D eigenvalue weighted by atomic mass is 10.1. The summed E-state index contributed by atoms with van der Waals surface area (Å²) in [6.07, 6.45) is 1.73. The lowest BCUT2D eigenvalue weighted by Gasteiger charge is -2.12. The summed E-state index contributed by atoms with van der Waals surface area (Å²) in [6, 6.07) is 18.3. The van der Waals surface area contributed by atoms with Crippen LogP contribution < -0.4 is 0 Å². The predicted molar refractivity (Wildman–Crippen MR) is 124 cm³/mol. The molecule has 0 aliphatic heterocycles. The molecule has 160 valence electrons. The molecule has 0 fully saturated rings. The summed E-state index contributed by atoms with van der Waals surface area (Å²) in [5.74, 6) is -1.28. The van der Waals surface area contributed by atoms with Crippen LogP contribution in [0, 0.1) is 24.1 Å². The fraction of sp³-hybridized carbons (Fsp3) is 0.167. The molecule has 0 aliphatic rings. The van der Waals surface area contributed by atoms with Crippen molar-refractivity contribution in [2.75, 3.05) is 5.75 Å². The molecule has 0 bridgehead atoms. The molecule has 4 rings (SSSR count). The van der Waals surface area contributed by atoms with E-state index in [4.69, 9.17) is 0 Å². The summed E-state index contributed by atoms with van der Waals surface area (Å²) in [5, 5.41) is 12.5. The van der Waals surface area contributed by atoms with Crippen molar-refractivity contribution >= 4 is 28.9 Å². The van der Waals surface area contributed by atoms with Gasteiger partial charge in [-0.3, -0.25) is 4.79 Å². The van der Waals surface area contributed by atoms with Crippen LogP contribution in [0.4, 0.5) is 4.39 Å². The Bertz CT molecular complexity index is 1260. The number of nitrogens with zero attached hydrogens (tertiary/aromatic N) is 4. The van der Waals surface area contributed by atoms with Crippen molar-refractivity contribution in [2.24, 2.45) is 0 Å². The number of imidazole rings is 1. The number of aromatic nitrogens is 3. The molecular weight excluding hydrogens is 443 g/mol. The van der Waals surface area contributed by atoms with E-state index in [-0.39, 0.29) is 17.4 Å². The van der Waals surface area contributed by atoms with Crippen LogP contribution in [0.3, 0.4) is 0 Å². The quantitative estimate of drug-likeness (QED) is 0.325. The minimum absolute atomic E-state index is 0.103. The number of benzene rings is 2. The topological polar surface area (TPSA) is 71.6 Å². The van der Waals surface area contributed by atoms with Gasteiger partial charge in [-0.25, -0.2) is 14.4 Å². The van der Waals surface area contributed by atoms with Crippen molar-refractivity contribution in [3.8, 4) is 17.3 Å². The van der Waals surface area contributed by atoms with Gasteiger partial charge < -0.3 is 4.57 Å². The van der Waals surface area contributed by atoms with Gasteiger partial charge in [0, 0.05) is 11.1 Å².